The molecule has 2 aromatic carbocycles. The molecule has 5 heteroatoms. The Hall–Kier alpha value is -3.47. The summed E-state index contributed by atoms with van der Waals surface area (Å²) < 4.78 is 1.82. The van der Waals surface area contributed by atoms with Crippen molar-refractivity contribution in [2.75, 3.05) is 0 Å². The number of carbonyl (C=O) groups is 2. The summed E-state index contributed by atoms with van der Waals surface area (Å²) in [5.41, 5.74) is 3.58. The van der Waals surface area contributed by atoms with Crippen LogP contribution in [-0.4, -0.2) is 21.6 Å². The van der Waals surface area contributed by atoms with Gasteiger partial charge in [0, 0.05) is 22.9 Å². The number of aromatic nitrogens is 2. The molecule has 0 atom stereocenters. The Morgan fingerprint density at radius 1 is 0.920 bits per heavy atom. The van der Waals surface area contributed by atoms with E-state index in [0.29, 0.717) is 23.2 Å². The molecule has 0 unspecified atom stereocenters. The quantitative estimate of drug-likeness (QED) is 0.593. The lowest BCUT2D eigenvalue weighted by atomic mass is 9.94. The molecule has 5 nitrogen and oxygen atoms in total. The van der Waals surface area contributed by atoms with Crippen LogP contribution in [0, 0.1) is 0 Å². The van der Waals surface area contributed by atoms with Gasteiger partial charge < -0.3 is 0 Å². The molecule has 0 fully saturated rings. The fourth-order valence-electron chi connectivity index (χ4n) is 2.90. The van der Waals surface area contributed by atoms with E-state index in [2.05, 4.69) is 10.4 Å². The van der Waals surface area contributed by atoms with Crippen molar-refractivity contribution in [2.24, 2.45) is 0 Å². The molecule has 1 N–H and O–H groups in total. The summed E-state index contributed by atoms with van der Waals surface area (Å²) in [7, 11) is 0. The lowest BCUT2D eigenvalue weighted by molar-refractivity contribution is -0.114. The zero-order valence-corrected chi connectivity index (χ0v) is 13.3. The molecular weight excluding hydrogens is 314 g/mol. The third kappa shape index (κ3) is 2.99. The van der Waals surface area contributed by atoms with Crippen LogP contribution >= 0.6 is 0 Å². The van der Waals surface area contributed by atoms with Gasteiger partial charge in [-0.05, 0) is 23.3 Å². The summed E-state index contributed by atoms with van der Waals surface area (Å²) in [5.74, 6) is -0.753. The van der Waals surface area contributed by atoms with Gasteiger partial charge in [0.05, 0.1) is 12.7 Å². The minimum absolute atomic E-state index is 0.363. The number of amides is 2. The van der Waals surface area contributed by atoms with Gasteiger partial charge in [-0.2, -0.15) is 5.10 Å². The van der Waals surface area contributed by atoms with Crippen LogP contribution in [0.2, 0.25) is 0 Å². The van der Waals surface area contributed by atoms with Crippen LogP contribution in [-0.2, 0) is 11.3 Å². The van der Waals surface area contributed by atoms with Crippen LogP contribution in [0.25, 0.3) is 11.6 Å². The first kappa shape index (κ1) is 15.1. The van der Waals surface area contributed by atoms with E-state index in [0.717, 1.165) is 11.1 Å². The minimum Gasteiger partial charge on any atom is -0.288 e. The highest BCUT2D eigenvalue weighted by Crippen LogP contribution is 2.25. The standard InChI is InChI=1S/C20H15N3O2/c24-19-17-9-5-4-8-16(17)18(20(25)22-19)10-15-11-21-23(13-15)12-14-6-2-1-3-7-14/h1-11,13H,12H2,(H,22,24,25)/b18-10+. The van der Waals surface area contributed by atoms with E-state index in [1.54, 1.807) is 30.5 Å². The van der Waals surface area contributed by atoms with E-state index in [-0.39, 0.29) is 11.8 Å². The lowest BCUT2D eigenvalue weighted by Crippen LogP contribution is -2.36. The van der Waals surface area contributed by atoms with E-state index in [9.17, 15) is 9.59 Å². The second-order valence-electron chi connectivity index (χ2n) is 5.84. The Bertz CT molecular complexity index is 987. The first-order valence-corrected chi connectivity index (χ1v) is 7.94. The molecule has 122 valence electrons. The average molecular weight is 329 g/mol. The second kappa shape index (κ2) is 6.20. The maximum absolute atomic E-state index is 12.2. The molecule has 2 amide bonds. The average Bonchev–Trinajstić information content (AvgIpc) is 3.06. The van der Waals surface area contributed by atoms with Crippen molar-refractivity contribution in [1.82, 2.24) is 15.1 Å². The van der Waals surface area contributed by atoms with Crippen LogP contribution in [0.4, 0.5) is 0 Å². The number of rotatable bonds is 3. The molecule has 25 heavy (non-hydrogen) atoms. The molecule has 0 aliphatic carbocycles. The van der Waals surface area contributed by atoms with Crippen molar-refractivity contribution in [1.29, 1.82) is 0 Å². The number of nitrogens with one attached hydrogen (secondary N) is 1. The van der Waals surface area contributed by atoms with Crippen LogP contribution in [0.3, 0.4) is 0 Å². The molecule has 1 aliphatic heterocycles. The van der Waals surface area contributed by atoms with Crippen LogP contribution in [0.5, 0.6) is 0 Å². The molecule has 1 aromatic heterocycles. The smallest absolute Gasteiger partial charge is 0.258 e. The Morgan fingerprint density at radius 2 is 1.64 bits per heavy atom. The number of fused-ring (bicyclic) bond motifs is 1. The topological polar surface area (TPSA) is 64.0 Å². The molecular formula is C20H15N3O2. The van der Waals surface area contributed by atoms with Gasteiger partial charge >= 0.3 is 0 Å². The van der Waals surface area contributed by atoms with Gasteiger partial charge in [-0.15, -0.1) is 0 Å². The van der Waals surface area contributed by atoms with Gasteiger partial charge in [0.1, 0.15) is 0 Å². The van der Waals surface area contributed by atoms with Crippen LogP contribution in [0.15, 0.2) is 67.0 Å². The van der Waals surface area contributed by atoms with Crippen molar-refractivity contribution in [2.45, 2.75) is 6.54 Å². The van der Waals surface area contributed by atoms with Gasteiger partial charge in [0.2, 0.25) is 0 Å². The molecule has 0 spiro atoms. The fraction of sp³-hybridized carbons (Fsp3) is 0.0500. The summed E-state index contributed by atoms with van der Waals surface area (Å²) in [5, 5.41) is 6.73. The number of nitrogens with zero attached hydrogens (tertiary/aromatic N) is 2. The molecule has 4 rings (SSSR count). The van der Waals surface area contributed by atoms with Gasteiger partial charge in [0.15, 0.2) is 0 Å². The Balaban J connectivity index is 1.66. The summed E-state index contributed by atoms with van der Waals surface area (Å²) in [4.78, 5) is 24.2. The molecule has 0 saturated heterocycles. The Morgan fingerprint density at radius 3 is 2.44 bits per heavy atom. The fourth-order valence-corrected chi connectivity index (χ4v) is 2.90. The van der Waals surface area contributed by atoms with Crippen molar-refractivity contribution < 1.29 is 9.59 Å². The monoisotopic (exact) mass is 329 g/mol. The highest BCUT2D eigenvalue weighted by atomic mass is 16.2. The van der Waals surface area contributed by atoms with Gasteiger partial charge in [-0.3, -0.25) is 19.6 Å². The number of hydrogen-bond acceptors (Lipinski definition) is 3. The maximum atomic E-state index is 12.2. The van der Waals surface area contributed by atoms with Crippen LogP contribution in [0.1, 0.15) is 27.0 Å². The molecule has 3 aromatic rings. The summed E-state index contributed by atoms with van der Waals surface area (Å²) in [6, 6.07) is 17.1. The number of imide groups is 1. The number of benzene rings is 2. The second-order valence-corrected chi connectivity index (χ2v) is 5.84. The first-order valence-electron chi connectivity index (χ1n) is 7.94. The Kier molecular flexibility index (Phi) is 3.74. The third-order valence-corrected chi connectivity index (χ3v) is 4.09. The first-order chi connectivity index (χ1) is 12.2. The lowest BCUT2D eigenvalue weighted by Gasteiger charge is -2.17. The molecule has 0 saturated carbocycles. The molecule has 1 aliphatic rings. The van der Waals surface area contributed by atoms with E-state index in [1.165, 1.54) is 0 Å². The van der Waals surface area contributed by atoms with Crippen molar-refractivity contribution in [3.05, 3.63) is 89.2 Å². The highest BCUT2D eigenvalue weighted by Gasteiger charge is 2.26. The largest absolute Gasteiger partial charge is 0.288 e. The predicted octanol–water partition coefficient (Wildman–Crippen LogP) is 2.74. The summed E-state index contributed by atoms with van der Waals surface area (Å²) in [6.45, 7) is 0.658. The van der Waals surface area contributed by atoms with E-state index in [1.807, 2.05) is 47.3 Å². The zero-order valence-electron chi connectivity index (χ0n) is 13.3. The van der Waals surface area contributed by atoms with Crippen LogP contribution < -0.4 is 5.32 Å². The normalized spacial score (nSPS) is 15.1. The summed E-state index contributed by atoms with van der Waals surface area (Å²) >= 11 is 0. The van der Waals surface area contributed by atoms with Crippen molar-refractivity contribution in [3.8, 4) is 0 Å². The van der Waals surface area contributed by atoms with E-state index < -0.39 is 0 Å². The Labute approximate surface area is 144 Å². The van der Waals surface area contributed by atoms with Gasteiger partial charge in [0.25, 0.3) is 11.8 Å². The predicted molar refractivity (Wildman–Crippen MR) is 94.6 cm³/mol. The summed E-state index contributed by atoms with van der Waals surface area (Å²) in [6.07, 6.45) is 5.35. The highest BCUT2D eigenvalue weighted by molar-refractivity contribution is 6.33. The zero-order chi connectivity index (χ0) is 17.2. The molecule has 2 heterocycles. The SMILES string of the molecule is O=C1NC(=O)c2ccccc2/C1=C\c1cnn(Cc2ccccc2)c1. The minimum atomic E-state index is -0.389. The van der Waals surface area contributed by atoms with Gasteiger partial charge in [-0.1, -0.05) is 48.5 Å². The molecule has 0 radical (unpaired) electrons. The van der Waals surface area contributed by atoms with E-state index >= 15 is 0 Å². The molecule has 0 bridgehead atoms. The van der Waals surface area contributed by atoms with E-state index in [4.69, 9.17) is 0 Å². The third-order valence-electron chi connectivity index (χ3n) is 4.09. The van der Waals surface area contributed by atoms with Gasteiger partial charge in [-0.25, -0.2) is 0 Å². The number of carbonyl (C=O) groups excluding carboxylic acids is 2. The number of hydrogen-bond donors (Lipinski definition) is 1. The maximum Gasteiger partial charge on any atom is 0.258 e. The van der Waals surface area contributed by atoms with Crippen molar-refractivity contribution >= 4 is 23.5 Å². The van der Waals surface area contributed by atoms with Crippen molar-refractivity contribution in [3.63, 3.8) is 0 Å².